The third-order valence-electron chi connectivity index (χ3n) is 10.2. The zero-order chi connectivity index (χ0) is 11.1. The summed E-state index contributed by atoms with van der Waals surface area (Å²) in [5.74, 6) is 5.15. The molecule has 2 spiro atoms. The normalized spacial score (nSPS) is 85.1. The highest BCUT2D eigenvalue weighted by atomic mass is 28.3. The van der Waals surface area contributed by atoms with E-state index in [4.69, 9.17) is 0 Å². The van der Waals surface area contributed by atoms with Gasteiger partial charge in [0.25, 0.3) is 0 Å². The van der Waals surface area contributed by atoms with Crippen molar-refractivity contribution < 1.29 is 0 Å². The summed E-state index contributed by atoms with van der Waals surface area (Å²) in [6.45, 7) is 5.72. The summed E-state index contributed by atoms with van der Waals surface area (Å²) in [6, 6.07) is 0. The van der Waals surface area contributed by atoms with Gasteiger partial charge in [-0.25, -0.2) is 0 Å². The van der Waals surface area contributed by atoms with Crippen LogP contribution in [0.15, 0.2) is 0 Å². The van der Waals surface area contributed by atoms with Gasteiger partial charge in [0.1, 0.15) is 0 Å². The number of hydrogen-bond acceptors (Lipinski definition) is 0. The third-order valence-corrected chi connectivity index (χ3v) is 16.5. The summed E-state index contributed by atoms with van der Waals surface area (Å²) in [7, 11) is -0.909. The lowest BCUT2D eigenvalue weighted by atomic mass is 9.71. The molecule has 0 aromatic carbocycles. The quantitative estimate of drug-likeness (QED) is 0.562. The van der Waals surface area contributed by atoms with Gasteiger partial charge in [-0.3, -0.25) is 0 Å². The predicted molar refractivity (Wildman–Crippen MR) is 69.4 cm³/mol. The molecule has 6 saturated carbocycles. The maximum Gasteiger partial charge on any atom is 0.0626 e. The monoisotopic (exact) mass is 242 g/mol. The second kappa shape index (κ2) is 1.62. The van der Waals surface area contributed by atoms with Gasteiger partial charge in [0.15, 0.2) is 0 Å². The molecule has 0 aromatic rings. The highest BCUT2D eigenvalue weighted by molar-refractivity contribution is 6.90. The first kappa shape index (κ1) is 8.40. The minimum atomic E-state index is -0.909. The second-order valence-corrected chi connectivity index (χ2v) is 14.1. The molecule has 0 radical (unpaired) electrons. The van der Waals surface area contributed by atoms with Crippen LogP contribution in [0.2, 0.25) is 23.2 Å². The van der Waals surface area contributed by atoms with Gasteiger partial charge in [-0.15, -0.1) is 0 Å². The molecule has 7 aliphatic rings. The molecule has 90 valence electrons. The van der Waals surface area contributed by atoms with E-state index in [1.54, 1.807) is 38.5 Å². The molecule has 1 saturated heterocycles. The Morgan fingerprint density at radius 3 is 1.41 bits per heavy atom. The average molecular weight is 242 g/mol. The molecule has 7 rings (SSSR count). The van der Waals surface area contributed by atoms with Crippen LogP contribution < -0.4 is 0 Å². The summed E-state index contributed by atoms with van der Waals surface area (Å²) >= 11 is 0. The molecular formula is C16H22Si. The van der Waals surface area contributed by atoms with Crippen molar-refractivity contribution in [3.63, 3.8) is 0 Å². The van der Waals surface area contributed by atoms with Crippen molar-refractivity contribution in [1.82, 2.24) is 0 Å². The molecule has 4 unspecified atom stereocenters. The van der Waals surface area contributed by atoms with Crippen molar-refractivity contribution in [2.24, 2.45) is 34.5 Å². The van der Waals surface area contributed by atoms with Crippen LogP contribution >= 0.6 is 0 Å². The molecule has 4 atom stereocenters. The number of hydrogen-bond donors (Lipinski definition) is 0. The van der Waals surface area contributed by atoms with Crippen LogP contribution in [0, 0.1) is 34.5 Å². The van der Waals surface area contributed by atoms with Crippen LogP contribution in [0.5, 0.6) is 0 Å². The Labute approximate surface area is 105 Å². The molecule has 1 aliphatic heterocycles. The van der Waals surface area contributed by atoms with Crippen molar-refractivity contribution >= 4 is 8.07 Å². The first-order valence-corrected chi connectivity index (χ1v) is 11.2. The molecule has 1 heteroatoms. The molecule has 7 fully saturated rings. The van der Waals surface area contributed by atoms with E-state index in [-0.39, 0.29) is 0 Å². The number of rotatable bonds is 0. The molecular weight excluding hydrogens is 220 g/mol. The molecule has 0 bridgehead atoms. The van der Waals surface area contributed by atoms with Gasteiger partial charge in [-0.1, -0.05) is 25.9 Å². The maximum absolute atomic E-state index is 2.86. The summed E-state index contributed by atoms with van der Waals surface area (Å²) in [5, 5.41) is 2.14. The zero-order valence-corrected chi connectivity index (χ0v) is 12.1. The van der Waals surface area contributed by atoms with Crippen LogP contribution in [-0.2, 0) is 0 Å². The fraction of sp³-hybridized carbons (Fsp3) is 1.00. The van der Waals surface area contributed by atoms with Crippen molar-refractivity contribution in [3.05, 3.63) is 0 Å². The van der Waals surface area contributed by atoms with Crippen LogP contribution in [0.1, 0.15) is 38.5 Å². The van der Waals surface area contributed by atoms with E-state index in [2.05, 4.69) is 13.1 Å². The molecule has 1 heterocycles. The van der Waals surface area contributed by atoms with Gasteiger partial charge in [0.05, 0.1) is 8.07 Å². The van der Waals surface area contributed by atoms with E-state index < -0.39 is 8.07 Å². The van der Waals surface area contributed by atoms with Gasteiger partial charge in [-0.05, 0) is 70.3 Å². The SMILES string of the molecule is C[Si]1(C)C23C4CCCC2C43C23C4CCCC2C431. The van der Waals surface area contributed by atoms with E-state index >= 15 is 0 Å². The highest BCUT2D eigenvalue weighted by Gasteiger charge is 3.26. The smallest absolute Gasteiger partial charge is 0.0626 e. The van der Waals surface area contributed by atoms with Crippen molar-refractivity contribution in [1.29, 1.82) is 0 Å². The first-order valence-electron chi connectivity index (χ1n) is 8.19. The minimum Gasteiger partial charge on any atom is -0.0685 e. The van der Waals surface area contributed by atoms with E-state index in [9.17, 15) is 0 Å². The lowest BCUT2D eigenvalue weighted by molar-refractivity contribution is 0.153. The van der Waals surface area contributed by atoms with E-state index in [0.29, 0.717) is 0 Å². The van der Waals surface area contributed by atoms with E-state index in [0.717, 1.165) is 20.9 Å². The van der Waals surface area contributed by atoms with Crippen molar-refractivity contribution in [2.45, 2.75) is 61.7 Å². The lowest BCUT2D eigenvalue weighted by Crippen LogP contribution is -2.42. The predicted octanol–water partition coefficient (Wildman–Crippen LogP) is 4.05. The van der Waals surface area contributed by atoms with Gasteiger partial charge in [0, 0.05) is 0 Å². The van der Waals surface area contributed by atoms with Crippen LogP contribution in [-0.4, -0.2) is 8.07 Å². The molecule has 6 aliphatic carbocycles. The van der Waals surface area contributed by atoms with Crippen LogP contribution in [0.3, 0.4) is 0 Å². The largest absolute Gasteiger partial charge is 0.0685 e. The zero-order valence-electron chi connectivity index (χ0n) is 11.1. The minimum absolute atomic E-state index is 0.909. The summed E-state index contributed by atoms with van der Waals surface area (Å²) < 4.78 is 0. The lowest BCUT2D eigenvalue weighted by Gasteiger charge is -2.42. The molecule has 0 amide bonds. The molecule has 0 nitrogen and oxygen atoms in total. The molecule has 0 aromatic heterocycles. The Morgan fingerprint density at radius 2 is 1.06 bits per heavy atom. The second-order valence-electron chi connectivity index (χ2n) is 9.17. The van der Waals surface area contributed by atoms with Gasteiger partial charge >= 0.3 is 0 Å². The van der Waals surface area contributed by atoms with Gasteiger partial charge in [0.2, 0.25) is 0 Å². The summed E-state index contributed by atoms with van der Waals surface area (Å²) in [4.78, 5) is 0. The summed E-state index contributed by atoms with van der Waals surface area (Å²) in [6.07, 6.45) is 9.83. The van der Waals surface area contributed by atoms with Gasteiger partial charge < -0.3 is 0 Å². The maximum atomic E-state index is 2.86. The molecule has 17 heavy (non-hydrogen) atoms. The first-order chi connectivity index (χ1) is 8.19. The Morgan fingerprint density at radius 1 is 0.706 bits per heavy atom. The average Bonchev–Trinajstić information content (AvgIpc) is 3.22. The highest BCUT2D eigenvalue weighted by Crippen LogP contribution is 3.32. The van der Waals surface area contributed by atoms with Crippen molar-refractivity contribution in [2.75, 3.05) is 0 Å². The van der Waals surface area contributed by atoms with E-state index in [1.165, 1.54) is 23.7 Å². The Kier molecular flexibility index (Phi) is 0.798. The third kappa shape index (κ3) is 0.347. The Bertz CT molecular complexity index is 460. The Hall–Kier alpha value is 0.217. The van der Waals surface area contributed by atoms with Gasteiger partial charge in [-0.2, -0.15) is 0 Å². The Balaban J connectivity index is 1.56. The van der Waals surface area contributed by atoms with Crippen LogP contribution in [0.4, 0.5) is 0 Å². The molecule has 0 N–H and O–H groups in total. The fourth-order valence-corrected chi connectivity index (χ4v) is 19.6. The van der Waals surface area contributed by atoms with Crippen molar-refractivity contribution in [3.8, 4) is 0 Å². The fourth-order valence-electron chi connectivity index (χ4n) is 11.0. The summed E-state index contributed by atoms with van der Waals surface area (Å²) in [5.41, 5.74) is 2.09. The topological polar surface area (TPSA) is 0 Å². The standard InChI is InChI=1S/C16H22Si/c1-17(2)15-9-5-3-6-10(15)13(9,15)14-11-7-4-8-12(14)16(11,14)17/h9-12H,3-8H2,1-2H3. The van der Waals surface area contributed by atoms with E-state index in [1.807, 2.05) is 0 Å². The van der Waals surface area contributed by atoms with Crippen LogP contribution in [0.25, 0.3) is 0 Å².